The molecule has 12 heavy (non-hydrogen) atoms. The normalized spacial score (nSPS) is 13.3. The number of fused-ring (bicyclic) bond motifs is 1. The van der Waals surface area contributed by atoms with Crippen molar-refractivity contribution >= 4 is 11.7 Å². The van der Waals surface area contributed by atoms with Gasteiger partial charge in [0.15, 0.2) is 0 Å². The maximum Gasteiger partial charge on any atom is 0.344 e. The van der Waals surface area contributed by atoms with Crippen molar-refractivity contribution in [1.29, 1.82) is 0 Å². The molecule has 0 bridgehead atoms. The van der Waals surface area contributed by atoms with Crippen molar-refractivity contribution in [2.24, 2.45) is 0 Å². The minimum Gasteiger partial charge on any atom is -0.423 e. The highest BCUT2D eigenvalue weighted by Gasteiger charge is 2.23. The van der Waals surface area contributed by atoms with Gasteiger partial charge in [-0.05, 0) is 6.07 Å². The van der Waals surface area contributed by atoms with Gasteiger partial charge in [-0.3, -0.25) is 0 Å². The standard InChI is InChI=1S/C9H6O2.H2O/c1-6-7-4-2-3-5-8(7)9(10)11-6;/h2-5H,1H2;1H2. The van der Waals surface area contributed by atoms with Crippen LogP contribution in [0.2, 0.25) is 0 Å². The molecule has 2 N–H and O–H groups in total. The van der Waals surface area contributed by atoms with Crippen LogP contribution in [-0.4, -0.2) is 11.4 Å². The van der Waals surface area contributed by atoms with Crippen LogP contribution in [0.3, 0.4) is 0 Å². The quantitative estimate of drug-likeness (QED) is 0.537. The highest BCUT2D eigenvalue weighted by molar-refractivity contribution is 6.02. The predicted octanol–water partition coefficient (Wildman–Crippen LogP) is 1.00. The van der Waals surface area contributed by atoms with Gasteiger partial charge in [0.05, 0.1) is 5.56 Å². The largest absolute Gasteiger partial charge is 0.423 e. The lowest BCUT2D eigenvalue weighted by molar-refractivity contribution is 0.0716. The van der Waals surface area contributed by atoms with E-state index < -0.39 is 0 Å². The molecule has 1 aliphatic rings. The third-order valence-corrected chi connectivity index (χ3v) is 1.66. The molecule has 1 aromatic carbocycles. The molecule has 3 heteroatoms. The maximum atomic E-state index is 11.0. The van der Waals surface area contributed by atoms with Gasteiger partial charge in [0.25, 0.3) is 0 Å². The first-order valence-electron chi connectivity index (χ1n) is 3.29. The lowest BCUT2D eigenvalue weighted by atomic mass is 10.1. The van der Waals surface area contributed by atoms with Crippen LogP contribution < -0.4 is 0 Å². The summed E-state index contributed by atoms with van der Waals surface area (Å²) in [5.74, 6) is 0.149. The Kier molecular flexibility index (Phi) is 1.97. The number of esters is 1. The van der Waals surface area contributed by atoms with E-state index in [2.05, 4.69) is 6.58 Å². The Labute approximate surface area is 69.6 Å². The lowest BCUT2D eigenvalue weighted by Gasteiger charge is -1.90. The van der Waals surface area contributed by atoms with Gasteiger partial charge in [0.1, 0.15) is 5.76 Å². The Hall–Kier alpha value is -1.61. The maximum absolute atomic E-state index is 11.0. The number of carbonyl (C=O) groups excluding carboxylic acids is 1. The van der Waals surface area contributed by atoms with Crippen LogP contribution in [-0.2, 0) is 4.74 Å². The highest BCUT2D eigenvalue weighted by atomic mass is 16.5. The van der Waals surface area contributed by atoms with Gasteiger partial charge in [-0.1, -0.05) is 24.8 Å². The number of hydrogen-bond donors (Lipinski definition) is 0. The van der Waals surface area contributed by atoms with E-state index in [1.165, 1.54) is 0 Å². The zero-order chi connectivity index (χ0) is 7.84. The second kappa shape index (κ2) is 2.79. The summed E-state index contributed by atoms with van der Waals surface area (Å²) in [5.41, 5.74) is 1.41. The molecule has 0 atom stereocenters. The van der Waals surface area contributed by atoms with E-state index in [9.17, 15) is 4.79 Å². The van der Waals surface area contributed by atoms with Gasteiger partial charge in [0.2, 0.25) is 0 Å². The summed E-state index contributed by atoms with van der Waals surface area (Å²) in [5, 5.41) is 0. The topological polar surface area (TPSA) is 57.8 Å². The van der Waals surface area contributed by atoms with E-state index >= 15 is 0 Å². The molecule has 1 aliphatic heterocycles. The summed E-state index contributed by atoms with van der Waals surface area (Å²) >= 11 is 0. The van der Waals surface area contributed by atoms with E-state index in [1.54, 1.807) is 12.1 Å². The molecule has 1 heterocycles. The van der Waals surface area contributed by atoms with Crippen LogP contribution in [0, 0.1) is 0 Å². The smallest absolute Gasteiger partial charge is 0.344 e. The van der Waals surface area contributed by atoms with Gasteiger partial charge < -0.3 is 10.2 Å². The highest BCUT2D eigenvalue weighted by Crippen LogP contribution is 2.27. The van der Waals surface area contributed by atoms with E-state index in [4.69, 9.17) is 4.74 Å². The number of ether oxygens (including phenoxy) is 1. The van der Waals surface area contributed by atoms with Crippen molar-refractivity contribution in [3.05, 3.63) is 42.0 Å². The van der Waals surface area contributed by atoms with E-state index in [0.29, 0.717) is 11.3 Å². The number of rotatable bonds is 0. The fourth-order valence-corrected chi connectivity index (χ4v) is 1.13. The molecule has 1 aromatic rings. The minimum atomic E-state index is -0.300. The molecule has 0 fully saturated rings. The molecule has 0 aliphatic carbocycles. The number of hydrogen-bond acceptors (Lipinski definition) is 2. The van der Waals surface area contributed by atoms with Crippen molar-refractivity contribution in [3.63, 3.8) is 0 Å². The molecule has 3 nitrogen and oxygen atoms in total. The molecule has 2 rings (SSSR count). The third-order valence-electron chi connectivity index (χ3n) is 1.66. The van der Waals surface area contributed by atoms with Crippen LogP contribution in [0.5, 0.6) is 0 Å². The summed E-state index contributed by atoms with van der Waals surface area (Å²) in [7, 11) is 0. The van der Waals surface area contributed by atoms with Gasteiger partial charge in [-0.2, -0.15) is 0 Å². The average molecular weight is 164 g/mol. The molecular weight excluding hydrogens is 156 g/mol. The summed E-state index contributed by atoms with van der Waals surface area (Å²) in [6, 6.07) is 7.21. The zero-order valence-electron chi connectivity index (χ0n) is 6.33. The lowest BCUT2D eigenvalue weighted by Crippen LogP contribution is -1.91. The monoisotopic (exact) mass is 164 g/mol. The zero-order valence-corrected chi connectivity index (χ0v) is 6.33. The Morgan fingerprint density at radius 1 is 1.17 bits per heavy atom. The summed E-state index contributed by atoms with van der Waals surface area (Å²) in [6.45, 7) is 3.60. The Balaban J connectivity index is 0.000000720. The fraction of sp³-hybridized carbons (Fsp3) is 0. The molecule has 0 saturated heterocycles. The van der Waals surface area contributed by atoms with Crippen molar-refractivity contribution in [1.82, 2.24) is 0 Å². The fourth-order valence-electron chi connectivity index (χ4n) is 1.13. The van der Waals surface area contributed by atoms with Crippen LogP contribution in [0.4, 0.5) is 0 Å². The third kappa shape index (κ3) is 1.00. The van der Waals surface area contributed by atoms with Crippen molar-refractivity contribution in [2.45, 2.75) is 0 Å². The van der Waals surface area contributed by atoms with Crippen molar-refractivity contribution in [3.8, 4) is 0 Å². The average Bonchev–Trinajstić information content (AvgIpc) is 2.30. The van der Waals surface area contributed by atoms with Crippen LogP contribution in [0.1, 0.15) is 15.9 Å². The second-order valence-corrected chi connectivity index (χ2v) is 2.36. The Morgan fingerprint density at radius 2 is 1.75 bits per heavy atom. The first kappa shape index (κ1) is 8.49. The van der Waals surface area contributed by atoms with Crippen LogP contribution in [0.15, 0.2) is 30.8 Å². The van der Waals surface area contributed by atoms with E-state index in [0.717, 1.165) is 5.56 Å². The van der Waals surface area contributed by atoms with Crippen LogP contribution >= 0.6 is 0 Å². The predicted molar refractivity (Wildman–Crippen MR) is 44.5 cm³/mol. The first-order chi connectivity index (χ1) is 5.29. The van der Waals surface area contributed by atoms with E-state index in [1.807, 2.05) is 12.1 Å². The van der Waals surface area contributed by atoms with E-state index in [-0.39, 0.29) is 11.4 Å². The van der Waals surface area contributed by atoms with Gasteiger partial charge >= 0.3 is 5.97 Å². The van der Waals surface area contributed by atoms with Gasteiger partial charge in [-0.15, -0.1) is 0 Å². The van der Waals surface area contributed by atoms with Gasteiger partial charge in [-0.25, -0.2) is 4.79 Å². The minimum absolute atomic E-state index is 0. The van der Waals surface area contributed by atoms with Crippen LogP contribution in [0.25, 0.3) is 5.76 Å². The summed E-state index contributed by atoms with van der Waals surface area (Å²) in [4.78, 5) is 11.0. The molecule has 0 spiro atoms. The second-order valence-electron chi connectivity index (χ2n) is 2.36. The molecule has 62 valence electrons. The molecular formula is C9H8O3. The summed E-state index contributed by atoms with van der Waals surface area (Å²) in [6.07, 6.45) is 0. The first-order valence-corrected chi connectivity index (χ1v) is 3.29. The Morgan fingerprint density at radius 3 is 2.33 bits per heavy atom. The molecule has 0 amide bonds. The summed E-state index contributed by atoms with van der Waals surface area (Å²) < 4.78 is 4.80. The number of cyclic esters (lactones) is 1. The molecule has 0 saturated carbocycles. The number of benzene rings is 1. The molecule has 0 unspecified atom stereocenters. The Bertz CT molecular complexity index is 308. The van der Waals surface area contributed by atoms with Crippen molar-refractivity contribution < 1.29 is 15.0 Å². The number of carbonyl (C=O) groups is 1. The SMILES string of the molecule is C=C1OC(=O)c2ccccc21.O. The molecule has 0 radical (unpaired) electrons. The van der Waals surface area contributed by atoms with Crippen molar-refractivity contribution in [2.75, 3.05) is 0 Å². The van der Waals surface area contributed by atoms with Gasteiger partial charge in [0, 0.05) is 5.56 Å². The molecule has 0 aromatic heterocycles.